The van der Waals surface area contributed by atoms with E-state index in [0.29, 0.717) is 23.4 Å². The van der Waals surface area contributed by atoms with Crippen molar-refractivity contribution < 1.29 is 14.0 Å². The molecule has 0 radical (unpaired) electrons. The lowest BCUT2D eigenvalue weighted by molar-refractivity contribution is -0.0508. The highest BCUT2D eigenvalue weighted by Crippen LogP contribution is 2.63. The summed E-state index contributed by atoms with van der Waals surface area (Å²) in [4.78, 5) is 0. The molecule has 2 saturated carbocycles. The molecule has 2 aliphatic rings. The van der Waals surface area contributed by atoms with Crippen LogP contribution in [0.15, 0.2) is 0 Å². The SMILES string of the molecule is CC(C)(O)CCCC(C)(CCO[Si](C)(C)C(C)(C)C)C1CCC2[C@@H](O[Si](C)(C)C(C)(C)C)CCC[C@@]21C. The number of aliphatic hydroxyl groups is 1. The normalized spacial score (nSPS) is 29.8. The van der Waals surface area contributed by atoms with Crippen LogP contribution in [0.5, 0.6) is 0 Å². The molecule has 5 atom stereocenters. The first-order chi connectivity index (χ1) is 16.5. The Morgan fingerprint density at radius 1 is 0.784 bits per heavy atom. The molecule has 3 unspecified atom stereocenters. The van der Waals surface area contributed by atoms with Gasteiger partial charge < -0.3 is 14.0 Å². The summed E-state index contributed by atoms with van der Waals surface area (Å²) in [6.07, 6.45) is 11.2. The summed E-state index contributed by atoms with van der Waals surface area (Å²) < 4.78 is 13.9. The minimum absolute atomic E-state index is 0.232. The fourth-order valence-corrected chi connectivity index (χ4v) is 9.55. The first kappa shape index (κ1) is 33.5. The average molecular weight is 555 g/mol. The van der Waals surface area contributed by atoms with E-state index < -0.39 is 22.2 Å². The van der Waals surface area contributed by atoms with Crippen LogP contribution in [0.1, 0.15) is 127 Å². The maximum Gasteiger partial charge on any atom is 0.192 e. The second-order valence-corrected chi connectivity index (χ2v) is 26.8. The molecule has 37 heavy (non-hydrogen) atoms. The smallest absolute Gasteiger partial charge is 0.192 e. The summed E-state index contributed by atoms with van der Waals surface area (Å²) in [6.45, 7) is 33.8. The largest absolute Gasteiger partial charge is 0.417 e. The van der Waals surface area contributed by atoms with Crippen molar-refractivity contribution >= 4 is 16.6 Å². The van der Waals surface area contributed by atoms with E-state index in [9.17, 15) is 5.11 Å². The van der Waals surface area contributed by atoms with Crippen molar-refractivity contribution in [2.45, 2.75) is 175 Å². The molecular weight excluding hydrogens is 489 g/mol. The molecule has 0 aromatic heterocycles. The zero-order chi connectivity index (χ0) is 28.7. The van der Waals surface area contributed by atoms with E-state index in [-0.39, 0.29) is 15.5 Å². The molecule has 0 aromatic rings. The highest BCUT2D eigenvalue weighted by molar-refractivity contribution is 6.74. The molecular formula is C32H66O3Si2. The lowest BCUT2D eigenvalue weighted by Gasteiger charge is -2.53. The summed E-state index contributed by atoms with van der Waals surface area (Å²) in [6, 6.07) is 0. The zero-order valence-electron chi connectivity index (χ0n) is 27.6. The van der Waals surface area contributed by atoms with E-state index >= 15 is 0 Å². The van der Waals surface area contributed by atoms with Crippen molar-refractivity contribution in [3.05, 3.63) is 0 Å². The van der Waals surface area contributed by atoms with Gasteiger partial charge in [0.1, 0.15) is 0 Å². The fourth-order valence-electron chi connectivity index (χ4n) is 7.11. The standard InChI is InChI=1S/C32H66O3Si2/c1-28(2,3)36(11,12)34-24-23-31(9,21-16-20-30(7,8)33)27-19-18-25-26(17-15-22-32(25,27)10)35-37(13,14)29(4,5)6/h25-27,33H,15-24H2,1-14H3/t25?,26-,27?,31?,32-/m0/s1. The van der Waals surface area contributed by atoms with Gasteiger partial charge in [-0.2, -0.15) is 0 Å². The molecule has 0 bridgehead atoms. The maximum atomic E-state index is 10.5. The summed E-state index contributed by atoms with van der Waals surface area (Å²) in [5.41, 5.74) is -0.0185. The predicted molar refractivity (Wildman–Crippen MR) is 166 cm³/mol. The third-order valence-electron chi connectivity index (χ3n) is 11.6. The Labute approximate surface area is 234 Å². The van der Waals surface area contributed by atoms with Crippen molar-refractivity contribution in [3.63, 3.8) is 0 Å². The Morgan fingerprint density at radius 2 is 1.35 bits per heavy atom. The Kier molecular flexibility index (Phi) is 10.2. The number of hydrogen-bond acceptors (Lipinski definition) is 3. The second-order valence-electron chi connectivity index (χ2n) is 17.2. The molecule has 0 saturated heterocycles. The minimum atomic E-state index is -1.80. The third-order valence-corrected chi connectivity index (χ3v) is 20.7. The molecule has 0 heterocycles. The van der Waals surface area contributed by atoms with Crippen LogP contribution >= 0.6 is 0 Å². The van der Waals surface area contributed by atoms with Crippen molar-refractivity contribution in [1.29, 1.82) is 0 Å². The lowest BCUT2D eigenvalue weighted by atomic mass is 9.56. The Hall–Kier alpha value is 0.314. The van der Waals surface area contributed by atoms with Gasteiger partial charge in [-0.15, -0.1) is 0 Å². The van der Waals surface area contributed by atoms with Gasteiger partial charge >= 0.3 is 0 Å². The molecule has 2 fully saturated rings. The van der Waals surface area contributed by atoms with E-state index in [0.717, 1.165) is 25.9 Å². The fraction of sp³-hybridized carbons (Fsp3) is 1.00. The van der Waals surface area contributed by atoms with Gasteiger partial charge in [-0.1, -0.05) is 68.2 Å². The number of hydrogen-bond donors (Lipinski definition) is 1. The van der Waals surface area contributed by atoms with Crippen molar-refractivity contribution in [1.82, 2.24) is 0 Å². The first-order valence-electron chi connectivity index (χ1n) is 15.5. The van der Waals surface area contributed by atoms with Crippen LogP contribution in [-0.2, 0) is 8.85 Å². The van der Waals surface area contributed by atoms with E-state index in [1.54, 1.807) is 0 Å². The van der Waals surface area contributed by atoms with Crippen LogP contribution in [-0.4, -0.2) is 40.1 Å². The molecule has 5 heteroatoms. The van der Waals surface area contributed by atoms with Gasteiger partial charge in [0.25, 0.3) is 0 Å². The average Bonchev–Trinajstić information content (AvgIpc) is 3.03. The number of rotatable bonds is 11. The monoisotopic (exact) mass is 554 g/mol. The summed E-state index contributed by atoms with van der Waals surface area (Å²) in [7, 11) is -3.57. The zero-order valence-corrected chi connectivity index (χ0v) is 29.6. The summed E-state index contributed by atoms with van der Waals surface area (Å²) >= 11 is 0. The van der Waals surface area contributed by atoms with E-state index in [4.69, 9.17) is 8.85 Å². The Morgan fingerprint density at radius 3 is 1.86 bits per heavy atom. The van der Waals surface area contributed by atoms with Crippen LogP contribution in [0.25, 0.3) is 0 Å². The molecule has 0 aliphatic heterocycles. The molecule has 3 nitrogen and oxygen atoms in total. The summed E-state index contributed by atoms with van der Waals surface area (Å²) in [5.74, 6) is 1.37. The van der Waals surface area contributed by atoms with Crippen LogP contribution in [0.4, 0.5) is 0 Å². The van der Waals surface area contributed by atoms with Crippen LogP contribution in [0, 0.1) is 22.7 Å². The summed E-state index contributed by atoms with van der Waals surface area (Å²) in [5, 5.41) is 11.0. The first-order valence-corrected chi connectivity index (χ1v) is 21.3. The molecule has 1 N–H and O–H groups in total. The Bertz CT molecular complexity index is 743. The molecule has 0 spiro atoms. The van der Waals surface area contributed by atoms with Crippen molar-refractivity contribution in [2.75, 3.05) is 6.61 Å². The molecule has 2 aliphatic carbocycles. The topological polar surface area (TPSA) is 38.7 Å². The van der Waals surface area contributed by atoms with Gasteiger partial charge in [0.05, 0.1) is 5.60 Å². The third kappa shape index (κ3) is 7.95. The minimum Gasteiger partial charge on any atom is -0.417 e. The molecule has 0 aromatic carbocycles. The molecule has 0 amide bonds. The van der Waals surface area contributed by atoms with Gasteiger partial charge in [0, 0.05) is 12.7 Å². The maximum absolute atomic E-state index is 10.5. The molecule has 220 valence electrons. The second kappa shape index (κ2) is 11.3. The van der Waals surface area contributed by atoms with Gasteiger partial charge in [-0.3, -0.25) is 0 Å². The van der Waals surface area contributed by atoms with Crippen LogP contribution in [0.3, 0.4) is 0 Å². The van der Waals surface area contributed by atoms with Gasteiger partial charge in [-0.25, -0.2) is 0 Å². The number of fused-ring (bicyclic) bond motifs is 1. The van der Waals surface area contributed by atoms with E-state index in [1.807, 2.05) is 13.8 Å². The van der Waals surface area contributed by atoms with Crippen LogP contribution < -0.4 is 0 Å². The van der Waals surface area contributed by atoms with Gasteiger partial charge in [0.15, 0.2) is 16.6 Å². The van der Waals surface area contributed by atoms with Crippen molar-refractivity contribution in [2.24, 2.45) is 22.7 Å². The van der Waals surface area contributed by atoms with E-state index in [1.165, 1.54) is 38.5 Å². The quantitative estimate of drug-likeness (QED) is 0.258. The Balaban J connectivity index is 2.28. The molecule has 2 rings (SSSR count). The van der Waals surface area contributed by atoms with Crippen LogP contribution in [0.2, 0.25) is 36.3 Å². The predicted octanol–water partition coefficient (Wildman–Crippen LogP) is 9.95. The highest BCUT2D eigenvalue weighted by atomic mass is 28.4. The van der Waals surface area contributed by atoms with Gasteiger partial charge in [0.2, 0.25) is 0 Å². The van der Waals surface area contributed by atoms with Crippen molar-refractivity contribution in [3.8, 4) is 0 Å². The lowest BCUT2D eigenvalue weighted by Crippen LogP contribution is -2.51. The highest BCUT2D eigenvalue weighted by Gasteiger charge is 2.57. The van der Waals surface area contributed by atoms with E-state index in [2.05, 4.69) is 81.6 Å². The van der Waals surface area contributed by atoms with Gasteiger partial charge in [-0.05, 0) is 118 Å².